The first kappa shape index (κ1) is 19.7. The summed E-state index contributed by atoms with van der Waals surface area (Å²) in [7, 11) is 0. The third kappa shape index (κ3) is 4.84. The number of aromatic nitrogens is 2. The summed E-state index contributed by atoms with van der Waals surface area (Å²) >= 11 is 1.41. The molecule has 30 heavy (non-hydrogen) atoms. The van der Waals surface area contributed by atoms with Gasteiger partial charge in [0.1, 0.15) is 5.52 Å². The van der Waals surface area contributed by atoms with E-state index in [-0.39, 0.29) is 18.4 Å². The van der Waals surface area contributed by atoms with Crippen LogP contribution in [0.5, 0.6) is 0 Å². The van der Waals surface area contributed by atoms with Crippen LogP contribution in [0.15, 0.2) is 82.7 Å². The van der Waals surface area contributed by atoms with Crippen LogP contribution in [-0.2, 0) is 10.5 Å². The highest BCUT2D eigenvalue weighted by Gasteiger charge is 2.14. The normalized spacial score (nSPS) is 10.7. The average molecular weight is 418 g/mol. The number of rotatable bonds is 7. The van der Waals surface area contributed by atoms with E-state index in [1.54, 1.807) is 36.7 Å². The molecular formula is C22H18N4O3S. The second kappa shape index (κ2) is 9.23. The molecule has 0 atom stereocenters. The Labute approximate surface area is 176 Å². The van der Waals surface area contributed by atoms with Crippen molar-refractivity contribution in [3.8, 4) is 0 Å². The molecule has 4 rings (SSSR count). The molecule has 0 fully saturated rings. The summed E-state index contributed by atoms with van der Waals surface area (Å²) in [5.41, 5.74) is 3.44. The van der Waals surface area contributed by atoms with E-state index in [0.717, 1.165) is 16.7 Å². The minimum absolute atomic E-state index is 0.139. The lowest BCUT2D eigenvalue weighted by atomic mass is 10.1. The molecule has 0 aliphatic carbocycles. The number of fused-ring (bicyclic) bond motifs is 1. The van der Waals surface area contributed by atoms with Crippen molar-refractivity contribution >= 4 is 40.4 Å². The standard InChI is InChI=1S/C22H18N4O3S/c27-20(25-16-7-5-11-23-12-16)13-24-21(28)17-8-2-1-6-15(17)14-30-22-26-18-9-3-4-10-19(18)29-22/h1-12H,13-14H2,(H,24,28)(H,25,27). The van der Waals surface area contributed by atoms with Crippen LogP contribution in [0, 0.1) is 0 Å². The molecule has 0 spiro atoms. The van der Waals surface area contributed by atoms with E-state index in [2.05, 4.69) is 20.6 Å². The van der Waals surface area contributed by atoms with Gasteiger partial charge in [0, 0.05) is 17.5 Å². The Balaban J connectivity index is 1.37. The molecule has 4 aromatic rings. The maximum absolute atomic E-state index is 12.6. The number of benzene rings is 2. The van der Waals surface area contributed by atoms with Gasteiger partial charge >= 0.3 is 0 Å². The summed E-state index contributed by atoms with van der Waals surface area (Å²) in [6.45, 7) is -0.139. The number of amides is 2. The first-order valence-corrected chi connectivity index (χ1v) is 10.2. The lowest BCUT2D eigenvalue weighted by molar-refractivity contribution is -0.115. The second-order valence-corrected chi connectivity index (χ2v) is 7.29. The van der Waals surface area contributed by atoms with Crippen molar-refractivity contribution in [1.29, 1.82) is 0 Å². The quantitative estimate of drug-likeness (QED) is 0.442. The summed E-state index contributed by atoms with van der Waals surface area (Å²) in [5, 5.41) is 5.88. The fraction of sp³-hybridized carbons (Fsp3) is 0.0909. The molecule has 2 heterocycles. The largest absolute Gasteiger partial charge is 0.431 e. The van der Waals surface area contributed by atoms with E-state index in [1.165, 1.54) is 11.8 Å². The Morgan fingerprint density at radius 2 is 1.83 bits per heavy atom. The molecule has 0 unspecified atom stereocenters. The number of hydrogen-bond donors (Lipinski definition) is 2. The minimum Gasteiger partial charge on any atom is -0.431 e. The van der Waals surface area contributed by atoms with Crippen LogP contribution in [0.4, 0.5) is 5.69 Å². The fourth-order valence-corrected chi connectivity index (χ4v) is 3.66. The Morgan fingerprint density at radius 1 is 1.00 bits per heavy atom. The van der Waals surface area contributed by atoms with Gasteiger partial charge in [-0.3, -0.25) is 14.6 Å². The zero-order chi connectivity index (χ0) is 20.8. The average Bonchev–Trinajstić information content (AvgIpc) is 3.20. The van der Waals surface area contributed by atoms with Crippen LogP contribution in [0.25, 0.3) is 11.1 Å². The van der Waals surface area contributed by atoms with E-state index in [1.807, 2.05) is 36.4 Å². The highest BCUT2D eigenvalue weighted by molar-refractivity contribution is 7.98. The van der Waals surface area contributed by atoms with Gasteiger partial charge in [0.15, 0.2) is 5.58 Å². The van der Waals surface area contributed by atoms with Crippen molar-refractivity contribution < 1.29 is 14.0 Å². The molecule has 2 aromatic heterocycles. The van der Waals surface area contributed by atoms with Crippen LogP contribution in [0.2, 0.25) is 0 Å². The number of carbonyl (C=O) groups excluding carboxylic acids is 2. The molecule has 7 nitrogen and oxygen atoms in total. The molecule has 0 aliphatic heterocycles. The zero-order valence-corrected chi connectivity index (χ0v) is 16.7. The topological polar surface area (TPSA) is 97.1 Å². The van der Waals surface area contributed by atoms with Crippen molar-refractivity contribution in [2.24, 2.45) is 0 Å². The summed E-state index contributed by atoms with van der Waals surface area (Å²) in [5.74, 6) is -0.127. The molecular weight excluding hydrogens is 400 g/mol. The number of carbonyl (C=O) groups is 2. The number of pyridine rings is 1. The van der Waals surface area contributed by atoms with Gasteiger partial charge in [0.2, 0.25) is 5.91 Å². The molecule has 8 heteroatoms. The number of hydrogen-bond acceptors (Lipinski definition) is 6. The Bertz CT molecular complexity index is 1140. The smallest absolute Gasteiger partial charge is 0.257 e. The van der Waals surface area contributed by atoms with E-state index in [0.29, 0.717) is 22.2 Å². The number of para-hydroxylation sites is 2. The molecule has 2 aromatic carbocycles. The SMILES string of the molecule is O=C(CNC(=O)c1ccccc1CSc1nc2ccccc2o1)Nc1cccnc1. The minimum atomic E-state index is -0.324. The summed E-state index contributed by atoms with van der Waals surface area (Å²) in [4.78, 5) is 33.0. The lowest BCUT2D eigenvalue weighted by Crippen LogP contribution is -2.33. The van der Waals surface area contributed by atoms with Gasteiger partial charge < -0.3 is 15.1 Å². The van der Waals surface area contributed by atoms with Crippen LogP contribution in [0.1, 0.15) is 15.9 Å². The number of nitrogens with zero attached hydrogens (tertiary/aromatic N) is 2. The molecule has 2 N–H and O–H groups in total. The van der Waals surface area contributed by atoms with Crippen LogP contribution >= 0.6 is 11.8 Å². The number of anilines is 1. The summed E-state index contributed by atoms with van der Waals surface area (Å²) in [6, 6.07) is 18.3. The predicted molar refractivity (Wildman–Crippen MR) is 115 cm³/mol. The van der Waals surface area contributed by atoms with Gasteiger partial charge in [0.05, 0.1) is 18.4 Å². The van der Waals surface area contributed by atoms with Crippen molar-refractivity contribution in [3.63, 3.8) is 0 Å². The van der Waals surface area contributed by atoms with E-state index < -0.39 is 0 Å². The number of nitrogens with one attached hydrogen (secondary N) is 2. The van der Waals surface area contributed by atoms with E-state index >= 15 is 0 Å². The van der Waals surface area contributed by atoms with Gasteiger partial charge in [-0.15, -0.1) is 0 Å². The van der Waals surface area contributed by atoms with Gasteiger partial charge in [-0.1, -0.05) is 42.1 Å². The molecule has 2 amide bonds. The van der Waals surface area contributed by atoms with E-state index in [9.17, 15) is 9.59 Å². The van der Waals surface area contributed by atoms with Gasteiger partial charge in [-0.2, -0.15) is 0 Å². The highest BCUT2D eigenvalue weighted by atomic mass is 32.2. The maximum Gasteiger partial charge on any atom is 0.257 e. The third-order valence-corrected chi connectivity index (χ3v) is 5.12. The van der Waals surface area contributed by atoms with Gasteiger partial charge in [-0.05, 0) is 35.9 Å². The van der Waals surface area contributed by atoms with Crippen molar-refractivity contribution in [3.05, 3.63) is 84.2 Å². The molecule has 0 saturated carbocycles. The third-order valence-electron chi connectivity index (χ3n) is 4.24. The van der Waals surface area contributed by atoms with Gasteiger partial charge in [-0.25, -0.2) is 4.98 Å². The molecule has 0 bridgehead atoms. The lowest BCUT2D eigenvalue weighted by Gasteiger charge is -2.10. The van der Waals surface area contributed by atoms with Crippen molar-refractivity contribution in [2.75, 3.05) is 11.9 Å². The first-order chi connectivity index (χ1) is 14.7. The monoisotopic (exact) mass is 418 g/mol. The van der Waals surface area contributed by atoms with Crippen LogP contribution in [0.3, 0.4) is 0 Å². The second-order valence-electron chi connectivity index (χ2n) is 6.37. The van der Waals surface area contributed by atoms with Crippen LogP contribution < -0.4 is 10.6 Å². The molecule has 0 saturated heterocycles. The number of oxazole rings is 1. The van der Waals surface area contributed by atoms with Crippen LogP contribution in [-0.4, -0.2) is 28.3 Å². The first-order valence-electron chi connectivity index (χ1n) is 9.23. The fourth-order valence-electron chi connectivity index (χ4n) is 2.82. The molecule has 150 valence electrons. The zero-order valence-electron chi connectivity index (χ0n) is 15.9. The Morgan fingerprint density at radius 3 is 2.67 bits per heavy atom. The summed E-state index contributed by atoms with van der Waals surface area (Å²) < 4.78 is 5.72. The van der Waals surface area contributed by atoms with Crippen molar-refractivity contribution in [2.45, 2.75) is 11.0 Å². The van der Waals surface area contributed by atoms with Crippen molar-refractivity contribution in [1.82, 2.24) is 15.3 Å². The Hall–Kier alpha value is -3.65. The van der Waals surface area contributed by atoms with E-state index in [4.69, 9.17) is 4.42 Å². The highest BCUT2D eigenvalue weighted by Crippen LogP contribution is 2.27. The Kier molecular flexibility index (Phi) is 6.05. The molecule has 0 aliphatic rings. The van der Waals surface area contributed by atoms with Gasteiger partial charge in [0.25, 0.3) is 11.1 Å². The maximum atomic E-state index is 12.6. The molecule has 0 radical (unpaired) electrons. The predicted octanol–water partition coefficient (Wildman–Crippen LogP) is 3.88. The summed E-state index contributed by atoms with van der Waals surface area (Å²) in [6.07, 6.45) is 3.16. The number of thioether (sulfide) groups is 1.